The van der Waals surface area contributed by atoms with Gasteiger partial charge >= 0.3 is 12.0 Å². The fourth-order valence-electron chi connectivity index (χ4n) is 2.22. The molecule has 1 aromatic carbocycles. The lowest BCUT2D eigenvalue weighted by molar-refractivity contribution is -0.137. The molecule has 2 rings (SSSR count). The van der Waals surface area contributed by atoms with Crippen molar-refractivity contribution >= 4 is 45.4 Å². The van der Waals surface area contributed by atoms with Crippen molar-refractivity contribution in [2.45, 2.75) is 19.4 Å². The highest BCUT2D eigenvalue weighted by molar-refractivity contribution is 9.10. The van der Waals surface area contributed by atoms with Gasteiger partial charge in [-0.15, -0.1) is 0 Å². The summed E-state index contributed by atoms with van der Waals surface area (Å²) in [6, 6.07) is 5.14. The molecule has 7 heteroatoms. The average molecular weight is 373 g/mol. The zero-order chi connectivity index (χ0) is 15.4. The Bertz CT molecular complexity index is 553. The van der Waals surface area contributed by atoms with Crippen LogP contribution in [0.25, 0.3) is 0 Å². The van der Waals surface area contributed by atoms with Crippen LogP contribution < -0.4 is 5.32 Å². The Hall–Kier alpha value is -1.21. The molecule has 5 nitrogen and oxygen atoms in total. The van der Waals surface area contributed by atoms with Crippen LogP contribution in [0.5, 0.6) is 0 Å². The van der Waals surface area contributed by atoms with Gasteiger partial charge in [-0.1, -0.05) is 12.1 Å². The number of amides is 2. The largest absolute Gasteiger partial charge is 0.481 e. The number of nitrogens with one attached hydrogen (secondary N) is 1. The quantitative estimate of drug-likeness (QED) is 0.854. The first-order valence-electron chi connectivity index (χ1n) is 6.61. The second kappa shape index (κ2) is 7.17. The highest BCUT2D eigenvalue weighted by Gasteiger charge is 2.29. The summed E-state index contributed by atoms with van der Waals surface area (Å²) < 4.78 is 0.847. The van der Waals surface area contributed by atoms with Crippen molar-refractivity contribution < 1.29 is 14.7 Å². The summed E-state index contributed by atoms with van der Waals surface area (Å²) in [4.78, 5) is 25.0. The summed E-state index contributed by atoms with van der Waals surface area (Å²) in [6.07, 6.45) is -0.0184. The number of carbonyl (C=O) groups excluding carboxylic acids is 1. The SMILES string of the molecule is Cc1cccc(NC(=O)N2CCSCC2CC(=O)O)c1Br. The monoisotopic (exact) mass is 372 g/mol. The number of benzene rings is 1. The second-order valence-corrected chi connectivity index (χ2v) is 6.83. The van der Waals surface area contributed by atoms with Crippen molar-refractivity contribution in [3.63, 3.8) is 0 Å². The molecule has 0 aromatic heterocycles. The zero-order valence-electron chi connectivity index (χ0n) is 11.6. The molecule has 2 amide bonds. The van der Waals surface area contributed by atoms with E-state index < -0.39 is 5.97 Å². The van der Waals surface area contributed by atoms with Gasteiger partial charge in [0.25, 0.3) is 0 Å². The fraction of sp³-hybridized carbons (Fsp3) is 0.429. The zero-order valence-corrected chi connectivity index (χ0v) is 14.0. The molecular weight excluding hydrogens is 356 g/mol. The van der Waals surface area contributed by atoms with E-state index in [-0.39, 0.29) is 18.5 Å². The van der Waals surface area contributed by atoms with Crippen LogP contribution in [0, 0.1) is 6.92 Å². The minimum Gasteiger partial charge on any atom is -0.481 e. The van der Waals surface area contributed by atoms with E-state index in [2.05, 4.69) is 21.2 Å². The molecule has 0 saturated carbocycles. The lowest BCUT2D eigenvalue weighted by Gasteiger charge is -2.34. The van der Waals surface area contributed by atoms with Crippen molar-refractivity contribution in [3.05, 3.63) is 28.2 Å². The van der Waals surface area contributed by atoms with Gasteiger partial charge in [0.05, 0.1) is 18.2 Å². The third-order valence-corrected chi connectivity index (χ3v) is 5.48. The molecule has 1 fully saturated rings. The van der Waals surface area contributed by atoms with Crippen molar-refractivity contribution in [2.24, 2.45) is 0 Å². The number of halogens is 1. The highest BCUT2D eigenvalue weighted by Crippen LogP contribution is 2.27. The molecule has 1 aliphatic heterocycles. The average Bonchev–Trinajstić information content (AvgIpc) is 2.44. The van der Waals surface area contributed by atoms with Crippen LogP contribution in [0.2, 0.25) is 0 Å². The van der Waals surface area contributed by atoms with Crippen molar-refractivity contribution in [1.29, 1.82) is 0 Å². The maximum absolute atomic E-state index is 12.4. The van der Waals surface area contributed by atoms with Crippen LogP contribution in [0.15, 0.2) is 22.7 Å². The van der Waals surface area contributed by atoms with E-state index in [0.29, 0.717) is 18.0 Å². The van der Waals surface area contributed by atoms with Crippen LogP contribution in [0.4, 0.5) is 10.5 Å². The summed E-state index contributed by atoms with van der Waals surface area (Å²) in [5.74, 6) is 0.616. The molecule has 114 valence electrons. The number of carbonyl (C=O) groups is 2. The highest BCUT2D eigenvalue weighted by atomic mass is 79.9. The first-order valence-corrected chi connectivity index (χ1v) is 8.56. The van der Waals surface area contributed by atoms with Gasteiger partial charge < -0.3 is 15.3 Å². The van der Waals surface area contributed by atoms with Crippen LogP contribution in [0.1, 0.15) is 12.0 Å². The number of rotatable bonds is 3. The molecule has 21 heavy (non-hydrogen) atoms. The molecular formula is C14H17BrN2O3S. The van der Waals surface area contributed by atoms with Crippen molar-refractivity contribution in [1.82, 2.24) is 4.90 Å². The molecule has 1 unspecified atom stereocenters. The molecule has 0 spiro atoms. The molecule has 1 aliphatic rings. The smallest absolute Gasteiger partial charge is 0.322 e. The fourth-order valence-corrected chi connectivity index (χ4v) is 3.65. The van der Waals surface area contributed by atoms with Crippen LogP contribution in [0.3, 0.4) is 0 Å². The molecule has 0 radical (unpaired) electrons. The first-order chi connectivity index (χ1) is 9.99. The number of thioether (sulfide) groups is 1. The Morgan fingerprint density at radius 2 is 2.29 bits per heavy atom. The summed E-state index contributed by atoms with van der Waals surface area (Å²) in [5, 5.41) is 11.8. The molecule has 0 bridgehead atoms. The third kappa shape index (κ3) is 4.14. The van der Waals surface area contributed by atoms with E-state index in [4.69, 9.17) is 5.11 Å². The molecule has 0 aliphatic carbocycles. The van der Waals surface area contributed by atoms with E-state index in [0.717, 1.165) is 15.8 Å². The predicted octanol–water partition coefficient (Wildman–Crippen LogP) is 3.18. The van der Waals surface area contributed by atoms with Gasteiger partial charge in [-0.25, -0.2) is 4.79 Å². The first kappa shape index (κ1) is 16.2. The maximum atomic E-state index is 12.4. The Morgan fingerprint density at radius 1 is 1.52 bits per heavy atom. The van der Waals surface area contributed by atoms with E-state index in [1.54, 1.807) is 16.7 Å². The minimum atomic E-state index is -0.878. The molecule has 1 atom stereocenters. The van der Waals surface area contributed by atoms with Crippen molar-refractivity contribution in [3.8, 4) is 0 Å². The molecule has 1 heterocycles. The Labute approximate surface area is 136 Å². The third-order valence-electron chi connectivity index (χ3n) is 3.33. The van der Waals surface area contributed by atoms with Crippen LogP contribution in [-0.2, 0) is 4.79 Å². The van der Waals surface area contributed by atoms with Crippen LogP contribution >= 0.6 is 27.7 Å². The lowest BCUT2D eigenvalue weighted by Crippen LogP contribution is -2.48. The summed E-state index contributed by atoms with van der Waals surface area (Å²) in [6.45, 7) is 2.52. The van der Waals surface area contributed by atoms with E-state index in [1.165, 1.54) is 0 Å². The topological polar surface area (TPSA) is 69.6 Å². The summed E-state index contributed by atoms with van der Waals surface area (Å²) in [5.41, 5.74) is 1.73. The number of carboxylic acid groups (broad SMARTS) is 1. The van der Waals surface area contributed by atoms with E-state index in [9.17, 15) is 9.59 Å². The standard InChI is InChI=1S/C14H17BrN2O3S/c1-9-3-2-4-11(13(9)15)16-14(20)17-5-6-21-8-10(17)7-12(18)19/h2-4,10H,5-8H2,1H3,(H,16,20)(H,18,19). The number of anilines is 1. The number of aryl methyl sites for hydroxylation is 1. The van der Waals surface area contributed by atoms with Crippen LogP contribution in [-0.4, -0.2) is 46.1 Å². The maximum Gasteiger partial charge on any atom is 0.322 e. The van der Waals surface area contributed by atoms with E-state index in [1.807, 2.05) is 25.1 Å². The number of hydrogen-bond donors (Lipinski definition) is 2. The number of hydrogen-bond acceptors (Lipinski definition) is 3. The lowest BCUT2D eigenvalue weighted by atomic mass is 10.2. The number of urea groups is 1. The Balaban J connectivity index is 2.10. The van der Waals surface area contributed by atoms with Crippen molar-refractivity contribution in [2.75, 3.05) is 23.4 Å². The predicted molar refractivity (Wildman–Crippen MR) is 88.0 cm³/mol. The minimum absolute atomic E-state index is 0.0184. The van der Waals surface area contributed by atoms with Gasteiger partial charge in [0.15, 0.2) is 0 Å². The Kier molecular flexibility index (Phi) is 5.52. The number of nitrogens with zero attached hydrogens (tertiary/aromatic N) is 1. The normalized spacial score (nSPS) is 18.4. The number of carboxylic acids is 1. The second-order valence-electron chi connectivity index (χ2n) is 4.89. The van der Waals surface area contributed by atoms with E-state index >= 15 is 0 Å². The Morgan fingerprint density at radius 3 is 3.00 bits per heavy atom. The summed E-state index contributed by atoms with van der Waals surface area (Å²) in [7, 11) is 0. The van der Waals surface area contributed by atoms with Gasteiger partial charge in [0.1, 0.15) is 0 Å². The van der Waals surface area contributed by atoms with Gasteiger partial charge in [-0.2, -0.15) is 11.8 Å². The van der Waals surface area contributed by atoms with Gasteiger partial charge in [-0.05, 0) is 34.5 Å². The number of aliphatic carboxylic acids is 1. The summed E-state index contributed by atoms with van der Waals surface area (Å²) >= 11 is 5.14. The van der Waals surface area contributed by atoms with Gasteiger partial charge in [-0.3, -0.25) is 4.79 Å². The van der Waals surface area contributed by atoms with Gasteiger partial charge in [0, 0.05) is 22.5 Å². The molecule has 1 aromatic rings. The van der Waals surface area contributed by atoms with Gasteiger partial charge in [0.2, 0.25) is 0 Å². The molecule has 1 saturated heterocycles. The molecule has 2 N–H and O–H groups in total.